The van der Waals surface area contributed by atoms with Gasteiger partial charge in [0.05, 0.1) is 6.61 Å². The summed E-state index contributed by atoms with van der Waals surface area (Å²) in [4.78, 5) is 0. The van der Waals surface area contributed by atoms with Crippen LogP contribution in [0.25, 0.3) is 0 Å². The van der Waals surface area contributed by atoms with Gasteiger partial charge in [-0.1, -0.05) is 41.9 Å². The van der Waals surface area contributed by atoms with Crippen molar-refractivity contribution in [2.24, 2.45) is 0 Å². The number of aryl methyl sites for hydroxylation is 2. The van der Waals surface area contributed by atoms with Gasteiger partial charge in [-0.25, -0.2) is 0 Å². The molecule has 0 aliphatic heterocycles. The van der Waals surface area contributed by atoms with Crippen LogP contribution in [0.2, 0.25) is 5.02 Å². The van der Waals surface area contributed by atoms with Gasteiger partial charge in [0.15, 0.2) is 0 Å². The number of rotatable bonds is 4. The van der Waals surface area contributed by atoms with Crippen LogP contribution in [0.5, 0.6) is 0 Å². The van der Waals surface area contributed by atoms with Crippen molar-refractivity contribution in [2.75, 3.05) is 6.61 Å². The molecule has 1 unspecified atom stereocenters. The van der Waals surface area contributed by atoms with E-state index in [2.05, 4.69) is 18.2 Å². The molecule has 0 spiro atoms. The number of benzene rings is 2. The average molecular weight is 287 g/mol. The average Bonchev–Trinajstić information content (AvgIpc) is 2.92. The van der Waals surface area contributed by atoms with Gasteiger partial charge < -0.3 is 5.11 Å². The lowest BCUT2D eigenvalue weighted by atomic mass is 9.91. The zero-order chi connectivity index (χ0) is 13.9. The minimum absolute atomic E-state index is 0.119. The molecule has 1 nitrogen and oxygen atoms in total. The van der Waals surface area contributed by atoms with E-state index in [1.165, 1.54) is 36.0 Å². The molecule has 2 heteroatoms. The summed E-state index contributed by atoms with van der Waals surface area (Å²) in [6.45, 7) is 0.150. The summed E-state index contributed by atoms with van der Waals surface area (Å²) in [5.74, 6) is 0.119. The molecule has 1 aliphatic carbocycles. The molecule has 1 N–H and O–H groups in total. The van der Waals surface area contributed by atoms with Gasteiger partial charge in [0.1, 0.15) is 0 Å². The smallest absolute Gasteiger partial charge is 0.0502 e. The summed E-state index contributed by atoms with van der Waals surface area (Å²) < 4.78 is 0. The summed E-state index contributed by atoms with van der Waals surface area (Å²) in [5, 5.41) is 10.4. The van der Waals surface area contributed by atoms with Crippen molar-refractivity contribution in [2.45, 2.75) is 31.6 Å². The first-order valence-corrected chi connectivity index (χ1v) is 7.61. The number of aliphatic hydroxyl groups excluding tert-OH is 1. The lowest BCUT2D eigenvalue weighted by molar-refractivity contribution is 0.264. The van der Waals surface area contributed by atoms with Gasteiger partial charge in [-0.05, 0) is 60.1 Å². The summed E-state index contributed by atoms with van der Waals surface area (Å²) in [6.07, 6.45) is 4.55. The fraction of sp³-hybridized carbons (Fsp3) is 0.333. The quantitative estimate of drug-likeness (QED) is 0.895. The first kappa shape index (κ1) is 13.7. The number of halogens is 1. The highest BCUT2D eigenvalue weighted by molar-refractivity contribution is 6.30. The number of aliphatic hydroxyl groups is 1. The van der Waals surface area contributed by atoms with Gasteiger partial charge in [0.25, 0.3) is 0 Å². The van der Waals surface area contributed by atoms with Crippen molar-refractivity contribution in [3.05, 3.63) is 69.7 Å². The van der Waals surface area contributed by atoms with Crippen LogP contribution >= 0.6 is 11.6 Å². The van der Waals surface area contributed by atoms with Crippen LogP contribution in [0.1, 0.15) is 34.6 Å². The van der Waals surface area contributed by atoms with Gasteiger partial charge in [0.2, 0.25) is 0 Å². The SMILES string of the molecule is OCC(Cc1ccc2c(c1)CCC2)c1cccc(Cl)c1. The van der Waals surface area contributed by atoms with Crippen molar-refractivity contribution >= 4 is 11.6 Å². The van der Waals surface area contributed by atoms with Gasteiger partial charge in [-0.3, -0.25) is 0 Å². The van der Waals surface area contributed by atoms with Crippen LogP contribution < -0.4 is 0 Å². The largest absolute Gasteiger partial charge is 0.396 e. The summed E-state index contributed by atoms with van der Waals surface area (Å²) in [7, 11) is 0. The second-order valence-electron chi connectivity index (χ2n) is 5.60. The van der Waals surface area contributed by atoms with E-state index in [4.69, 9.17) is 11.6 Å². The molecule has 1 atom stereocenters. The third kappa shape index (κ3) is 2.89. The standard InChI is InChI=1S/C18H19ClO/c19-18-6-2-5-16(11-18)17(12-20)10-13-7-8-14-3-1-4-15(14)9-13/h2,5-9,11,17,20H,1,3-4,10,12H2. The molecular formula is C18H19ClO. The maximum absolute atomic E-state index is 9.68. The molecule has 0 saturated carbocycles. The zero-order valence-corrected chi connectivity index (χ0v) is 12.2. The molecule has 2 aromatic rings. The van der Waals surface area contributed by atoms with Crippen LogP contribution in [0.3, 0.4) is 0 Å². The zero-order valence-electron chi connectivity index (χ0n) is 11.5. The topological polar surface area (TPSA) is 20.2 Å². The summed E-state index contributed by atoms with van der Waals surface area (Å²) >= 11 is 6.04. The third-order valence-corrected chi connectivity index (χ3v) is 4.42. The molecule has 0 radical (unpaired) electrons. The fourth-order valence-corrected chi connectivity index (χ4v) is 3.28. The van der Waals surface area contributed by atoms with Gasteiger partial charge >= 0.3 is 0 Å². The van der Waals surface area contributed by atoms with E-state index >= 15 is 0 Å². The van der Waals surface area contributed by atoms with Gasteiger partial charge in [-0.15, -0.1) is 0 Å². The number of fused-ring (bicyclic) bond motifs is 1. The second kappa shape index (κ2) is 5.99. The molecule has 3 rings (SSSR count). The van der Waals surface area contributed by atoms with E-state index in [1.807, 2.05) is 24.3 Å². The Balaban J connectivity index is 1.81. The van der Waals surface area contributed by atoms with Crippen LogP contribution in [0.15, 0.2) is 42.5 Å². The Morgan fingerprint density at radius 2 is 1.90 bits per heavy atom. The monoisotopic (exact) mass is 286 g/mol. The molecule has 0 fully saturated rings. The molecule has 0 heterocycles. The molecule has 0 amide bonds. The first-order chi connectivity index (χ1) is 9.76. The summed E-state index contributed by atoms with van der Waals surface area (Å²) in [5.41, 5.74) is 5.41. The lowest BCUT2D eigenvalue weighted by Crippen LogP contribution is -2.08. The lowest BCUT2D eigenvalue weighted by Gasteiger charge is -2.16. The highest BCUT2D eigenvalue weighted by Gasteiger charge is 2.15. The van der Waals surface area contributed by atoms with Crippen molar-refractivity contribution < 1.29 is 5.11 Å². The van der Waals surface area contributed by atoms with E-state index in [0.29, 0.717) is 0 Å². The third-order valence-electron chi connectivity index (χ3n) is 4.19. The second-order valence-corrected chi connectivity index (χ2v) is 6.03. The molecular weight excluding hydrogens is 268 g/mol. The Morgan fingerprint density at radius 1 is 1.05 bits per heavy atom. The van der Waals surface area contributed by atoms with Crippen LogP contribution in [0.4, 0.5) is 0 Å². The highest BCUT2D eigenvalue weighted by atomic mass is 35.5. The molecule has 20 heavy (non-hydrogen) atoms. The Morgan fingerprint density at radius 3 is 2.70 bits per heavy atom. The summed E-state index contributed by atoms with van der Waals surface area (Å²) in [6, 6.07) is 14.6. The van der Waals surface area contributed by atoms with Crippen LogP contribution in [0, 0.1) is 0 Å². The predicted molar refractivity (Wildman–Crippen MR) is 83.4 cm³/mol. The van der Waals surface area contributed by atoms with Gasteiger partial charge in [-0.2, -0.15) is 0 Å². The normalized spacial score (nSPS) is 15.1. The minimum atomic E-state index is 0.119. The molecule has 1 aliphatic rings. The Hall–Kier alpha value is -1.31. The van der Waals surface area contributed by atoms with E-state index in [0.717, 1.165) is 17.0 Å². The number of hydrogen-bond donors (Lipinski definition) is 1. The maximum atomic E-state index is 9.68. The molecule has 0 bridgehead atoms. The Labute approximate surface area is 125 Å². The van der Waals surface area contributed by atoms with Crippen molar-refractivity contribution in [3.63, 3.8) is 0 Å². The first-order valence-electron chi connectivity index (χ1n) is 7.23. The fourth-order valence-electron chi connectivity index (χ4n) is 3.08. The number of hydrogen-bond acceptors (Lipinski definition) is 1. The van der Waals surface area contributed by atoms with Crippen molar-refractivity contribution in [3.8, 4) is 0 Å². The van der Waals surface area contributed by atoms with E-state index in [-0.39, 0.29) is 12.5 Å². The Kier molecular flexibility index (Phi) is 4.09. The van der Waals surface area contributed by atoms with Crippen LogP contribution in [-0.4, -0.2) is 11.7 Å². The van der Waals surface area contributed by atoms with E-state index < -0.39 is 0 Å². The van der Waals surface area contributed by atoms with Crippen molar-refractivity contribution in [1.29, 1.82) is 0 Å². The molecule has 2 aromatic carbocycles. The van der Waals surface area contributed by atoms with Crippen molar-refractivity contribution in [1.82, 2.24) is 0 Å². The minimum Gasteiger partial charge on any atom is -0.396 e. The predicted octanol–water partition coefficient (Wildman–Crippen LogP) is 4.15. The van der Waals surface area contributed by atoms with Crippen LogP contribution in [-0.2, 0) is 19.3 Å². The molecule has 0 saturated heterocycles. The maximum Gasteiger partial charge on any atom is 0.0502 e. The molecule has 104 valence electrons. The highest BCUT2D eigenvalue weighted by Crippen LogP contribution is 2.27. The van der Waals surface area contributed by atoms with E-state index in [1.54, 1.807) is 0 Å². The van der Waals surface area contributed by atoms with Gasteiger partial charge in [0, 0.05) is 10.9 Å². The Bertz CT molecular complexity index is 606. The van der Waals surface area contributed by atoms with E-state index in [9.17, 15) is 5.11 Å². The molecule has 0 aromatic heterocycles.